The van der Waals surface area contributed by atoms with Crippen molar-refractivity contribution in [2.75, 3.05) is 7.11 Å². The highest BCUT2D eigenvalue weighted by Crippen LogP contribution is 2.31. The van der Waals surface area contributed by atoms with Crippen molar-refractivity contribution in [3.05, 3.63) is 11.0 Å². The van der Waals surface area contributed by atoms with Crippen molar-refractivity contribution in [3.63, 3.8) is 0 Å². The fourth-order valence-corrected chi connectivity index (χ4v) is 0.278. The molecule has 0 aromatic carbocycles. The van der Waals surface area contributed by atoms with E-state index in [2.05, 4.69) is 16.3 Å². The summed E-state index contributed by atoms with van der Waals surface area (Å²) in [5.74, 6) is 0. The van der Waals surface area contributed by atoms with Crippen molar-refractivity contribution in [1.29, 1.82) is 0 Å². The van der Waals surface area contributed by atoms with E-state index in [1.807, 2.05) is 0 Å². The smallest absolute Gasteiger partial charge is 0.432 e. The molecule has 0 amide bonds. The minimum absolute atomic E-state index is 0.753. The lowest BCUT2D eigenvalue weighted by molar-refractivity contribution is -0.0895. The summed E-state index contributed by atoms with van der Waals surface area (Å²) < 4.78 is 49.6. The molecule has 0 N–H and O–H groups in total. The number of hydrogen-bond acceptors (Lipinski definition) is 1. The fraction of sp³-hybridized carbons (Fsp3) is 0.500. The van der Waals surface area contributed by atoms with Crippen LogP contribution in [0.1, 0.15) is 0 Å². The van der Waals surface area contributed by atoms with E-state index in [1.54, 1.807) is 0 Å². The number of methoxy groups -OCH3 is 1. The van der Waals surface area contributed by atoms with Gasteiger partial charge < -0.3 is 4.74 Å². The molecule has 0 aromatic heterocycles. The van der Waals surface area contributed by atoms with Crippen LogP contribution in [0, 0.1) is 0 Å². The van der Waals surface area contributed by atoms with Gasteiger partial charge in [0.1, 0.15) is 0 Å². The molecule has 1 nitrogen and oxygen atoms in total. The Morgan fingerprint density at radius 1 is 1.40 bits per heavy atom. The quantitative estimate of drug-likeness (QED) is 0.443. The predicted octanol–water partition coefficient (Wildman–Crippen LogP) is 2.57. The van der Waals surface area contributed by atoms with Crippen molar-refractivity contribution in [2.24, 2.45) is 0 Å². The molecule has 0 aliphatic heterocycles. The first-order valence-electron chi connectivity index (χ1n) is 2.06. The molecule has 0 fully saturated rings. The molecular weight excluding hydrogens is 175 g/mol. The summed E-state index contributed by atoms with van der Waals surface area (Å²) in [5.41, 5.74) is 0. The maximum Gasteiger partial charge on any atom is 0.432 e. The summed E-state index contributed by atoms with van der Waals surface area (Å²) in [5, 5.41) is -1.88. The zero-order chi connectivity index (χ0) is 8.36. The summed E-state index contributed by atoms with van der Waals surface area (Å²) >= 11 is 4.46. The maximum atomic E-state index is 11.8. The van der Waals surface area contributed by atoms with Gasteiger partial charge in [-0.25, -0.2) is 0 Å². The Morgan fingerprint density at radius 2 is 1.80 bits per heavy atom. The van der Waals surface area contributed by atoms with E-state index in [0.29, 0.717) is 0 Å². The molecule has 0 bridgehead atoms. The van der Waals surface area contributed by atoms with Crippen LogP contribution in [-0.4, -0.2) is 13.3 Å². The molecule has 6 heteroatoms. The molecule has 0 heterocycles. The van der Waals surface area contributed by atoms with Crippen LogP contribution >= 0.6 is 11.6 Å². The standard InChI is InChI=1S/C4H3ClF4O/c1-10-3(6)2(5)4(7,8)9/h1H3. The van der Waals surface area contributed by atoms with Gasteiger partial charge in [-0.3, -0.25) is 0 Å². The van der Waals surface area contributed by atoms with Crippen LogP contribution < -0.4 is 0 Å². The Labute approximate surface area is 59.2 Å². The van der Waals surface area contributed by atoms with Gasteiger partial charge in [0.15, 0.2) is 5.03 Å². The summed E-state index contributed by atoms with van der Waals surface area (Å²) in [6.07, 6.45) is -4.87. The molecule has 60 valence electrons. The topological polar surface area (TPSA) is 9.23 Å². The van der Waals surface area contributed by atoms with Crippen molar-refractivity contribution in [2.45, 2.75) is 6.18 Å². The van der Waals surface area contributed by atoms with Gasteiger partial charge in [-0.05, 0) is 0 Å². The molecule has 0 spiro atoms. The molecule has 0 saturated carbocycles. The van der Waals surface area contributed by atoms with E-state index in [-0.39, 0.29) is 0 Å². The summed E-state index contributed by atoms with van der Waals surface area (Å²) in [6.45, 7) is 0. The van der Waals surface area contributed by atoms with Crippen molar-refractivity contribution in [1.82, 2.24) is 0 Å². The minimum atomic E-state index is -4.87. The lowest BCUT2D eigenvalue weighted by Crippen LogP contribution is -2.09. The lowest BCUT2D eigenvalue weighted by Gasteiger charge is -2.04. The first-order valence-corrected chi connectivity index (χ1v) is 2.44. The number of hydrogen-bond donors (Lipinski definition) is 0. The number of allylic oxidation sites excluding steroid dienone is 1. The van der Waals surface area contributed by atoms with E-state index in [1.165, 1.54) is 0 Å². The van der Waals surface area contributed by atoms with E-state index in [0.717, 1.165) is 7.11 Å². The molecule has 0 aromatic rings. The Morgan fingerprint density at radius 3 is 1.90 bits per heavy atom. The average molecular weight is 179 g/mol. The summed E-state index contributed by atoms with van der Waals surface area (Å²) in [7, 11) is 0.753. The monoisotopic (exact) mass is 178 g/mol. The largest absolute Gasteiger partial charge is 0.473 e. The minimum Gasteiger partial charge on any atom is -0.473 e. The predicted molar refractivity (Wildman–Crippen MR) is 27.1 cm³/mol. The molecule has 0 radical (unpaired) electrons. The fourth-order valence-electron chi connectivity index (χ4n) is 0.201. The Kier molecular flexibility index (Phi) is 2.96. The van der Waals surface area contributed by atoms with Crippen LogP contribution in [0.2, 0.25) is 0 Å². The van der Waals surface area contributed by atoms with E-state index in [9.17, 15) is 17.6 Å². The van der Waals surface area contributed by atoms with Crippen LogP contribution in [0.3, 0.4) is 0 Å². The Bertz CT molecular complexity index is 150. The van der Waals surface area contributed by atoms with Gasteiger partial charge in [0.2, 0.25) is 0 Å². The molecule has 0 atom stereocenters. The van der Waals surface area contributed by atoms with E-state index in [4.69, 9.17) is 0 Å². The molecule has 0 aliphatic rings. The van der Waals surface area contributed by atoms with Crippen LogP contribution in [-0.2, 0) is 4.74 Å². The number of rotatable bonds is 1. The van der Waals surface area contributed by atoms with E-state index >= 15 is 0 Å². The van der Waals surface area contributed by atoms with Crippen LogP contribution in [0.25, 0.3) is 0 Å². The second kappa shape index (κ2) is 3.09. The molecular formula is C4H3ClF4O. The second-order valence-corrected chi connectivity index (χ2v) is 1.67. The van der Waals surface area contributed by atoms with Gasteiger partial charge in [0.05, 0.1) is 7.11 Å². The van der Waals surface area contributed by atoms with Gasteiger partial charge in [-0.1, -0.05) is 11.6 Å². The zero-order valence-electron chi connectivity index (χ0n) is 4.80. The third-order valence-electron chi connectivity index (χ3n) is 0.601. The number of alkyl halides is 3. The van der Waals surface area contributed by atoms with Crippen LogP contribution in [0.15, 0.2) is 11.0 Å². The van der Waals surface area contributed by atoms with Crippen molar-refractivity contribution >= 4 is 11.6 Å². The third kappa shape index (κ3) is 2.43. The van der Waals surface area contributed by atoms with Gasteiger partial charge in [0.25, 0.3) is 6.01 Å². The van der Waals surface area contributed by atoms with Gasteiger partial charge in [0, 0.05) is 0 Å². The number of ether oxygens (including phenoxy) is 1. The van der Waals surface area contributed by atoms with Gasteiger partial charge >= 0.3 is 6.18 Å². The third-order valence-corrected chi connectivity index (χ3v) is 0.964. The zero-order valence-corrected chi connectivity index (χ0v) is 5.55. The second-order valence-electron chi connectivity index (χ2n) is 1.29. The molecule has 0 unspecified atom stereocenters. The molecule has 10 heavy (non-hydrogen) atoms. The highest BCUT2D eigenvalue weighted by Gasteiger charge is 2.36. The molecule has 0 rings (SSSR count). The maximum absolute atomic E-state index is 11.8. The molecule has 0 saturated heterocycles. The summed E-state index contributed by atoms with van der Waals surface area (Å²) in [6, 6.07) is -1.82. The average Bonchev–Trinajstić information content (AvgIpc) is 1.83. The first kappa shape index (κ1) is 9.55. The first-order chi connectivity index (χ1) is 4.39. The summed E-state index contributed by atoms with van der Waals surface area (Å²) in [4.78, 5) is 0. The van der Waals surface area contributed by atoms with Crippen LogP contribution in [0.4, 0.5) is 17.6 Å². The Balaban J connectivity index is 4.47. The highest BCUT2D eigenvalue weighted by atomic mass is 35.5. The van der Waals surface area contributed by atoms with Crippen LogP contribution in [0.5, 0.6) is 0 Å². The Hall–Kier alpha value is -0.450. The van der Waals surface area contributed by atoms with Gasteiger partial charge in [-0.15, -0.1) is 0 Å². The van der Waals surface area contributed by atoms with E-state index < -0.39 is 17.2 Å². The van der Waals surface area contributed by atoms with Crippen molar-refractivity contribution < 1.29 is 22.3 Å². The highest BCUT2D eigenvalue weighted by molar-refractivity contribution is 6.30. The van der Waals surface area contributed by atoms with Gasteiger partial charge in [-0.2, -0.15) is 17.6 Å². The number of halogens is 5. The molecule has 0 aliphatic carbocycles. The normalized spacial score (nSPS) is 14.6. The lowest BCUT2D eigenvalue weighted by atomic mass is 10.6. The SMILES string of the molecule is COC(F)=C(Cl)C(F)(F)F. The van der Waals surface area contributed by atoms with Crippen molar-refractivity contribution in [3.8, 4) is 0 Å².